The summed E-state index contributed by atoms with van der Waals surface area (Å²) in [5, 5.41) is 0. The van der Waals surface area contributed by atoms with Gasteiger partial charge in [0.2, 0.25) is 0 Å². The SMILES string of the molecule is CC(C)Cc1nc(C(=O)N2CCN(C)C(c3ccccc3F)C2)c2ccccn12. The fourth-order valence-corrected chi connectivity index (χ4v) is 4.06. The molecule has 0 bridgehead atoms. The third-order valence-corrected chi connectivity index (χ3v) is 5.61. The molecule has 1 saturated heterocycles. The van der Waals surface area contributed by atoms with Crippen LogP contribution in [0.4, 0.5) is 4.39 Å². The van der Waals surface area contributed by atoms with Gasteiger partial charge >= 0.3 is 0 Å². The normalized spacial score (nSPS) is 18.0. The molecule has 3 heterocycles. The number of nitrogens with zero attached hydrogens (tertiary/aromatic N) is 4. The number of carbonyl (C=O) groups is 1. The first kappa shape index (κ1) is 19.6. The van der Waals surface area contributed by atoms with Gasteiger partial charge in [-0.15, -0.1) is 0 Å². The van der Waals surface area contributed by atoms with Crippen LogP contribution in [0.5, 0.6) is 0 Å². The molecular weight excluding hydrogens is 367 g/mol. The fourth-order valence-electron chi connectivity index (χ4n) is 4.06. The maximum absolute atomic E-state index is 14.4. The highest BCUT2D eigenvalue weighted by molar-refractivity contribution is 5.99. The van der Waals surface area contributed by atoms with E-state index in [4.69, 9.17) is 4.98 Å². The maximum atomic E-state index is 14.4. The van der Waals surface area contributed by atoms with E-state index < -0.39 is 0 Å². The largest absolute Gasteiger partial charge is 0.334 e. The van der Waals surface area contributed by atoms with Crippen LogP contribution in [0.15, 0.2) is 48.7 Å². The molecule has 1 unspecified atom stereocenters. The Bertz CT molecular complexity index is 1030. The first-order valence-corrected chi connectivity index (χ1v) is 10.2. The number of hydrogen-bond donors (Lipinski definition) is 0. The van der Waals surface area contributed by atoms with Gasteiger partial charge in [-0.1, -0.05) is 38.1 Å². The Morgan fingerprint density at radius 3 is 2.69 bits per heavy atom. The van der Waals surface area contributed by atoms with Gasteiger partial charge in [-0.25, -0.2) is 9.37 Å². The molecule has 0 spiro atoms. The van der Waals surface area contributed by atoms with Crippen molar-refractivity contribution in [3.63, 3.8) is 0 Å². The summed E-state index contributed by atoms with van der Waals surface area (Å²) in [6.07, 6.45) is 2.77. The third kappa shape index (κ3) is 3.77. The van der Waals surface area contributed by atoms with Gasteiger partial charge in [0.25, 0.3) is 5.91 Å². The van der Waals surface area contributed by atoms with Crippen LogP contribution in [0.3, 0.4) is 0 Å². The minimum Gasteiger partial charge on any atom is -0.334 e. The van der Waals surface area contributed by atoms with Gasteiger partial charge in [-0.3, -0.25) is 9.69 Å². The smallest absolute Gasteiger partial charge is 0.274 e. The average molecular weight is 394 g/mol. The summed E-state index contributed by atoms with van der Waals surface area (Å²) in [4.78, 5) is 22.1. The van der Waals surface area contributed by atoms with Crippen molar-refractivity contribution in [1.29, 1.82) is 0 Å². The Hall–Kier alpha value is -2.73. The summed E-state index contributed by atoms with van der Waals surface area (Å²) < 4.78 is 16.4. The van der Waals surface area contributed by atoms with Crippen LogP contribution in [-0.2, 0) is 6.42 Å². The second-order valence-corrected chi connectivity index (χ2v) is 8.20. The quantitative estimate of drug-likeness (QED) is 0.676. The Labute approximate surface area is 170 Å². The second kappa shape index (κ2) is 7.95. The van der Waals surface area contributed by atoms with Gasteiger partial charge in [0.15, 0.2) is 5.69 Å². The molecule has 6 heteroatoms. The van der Waals surface area contributed by atoms with Crippen molar-refractivity contribution >= 4 is 11.4 Å². The average Bonchev–Trinajstić information content (AvgIpc) is 3.06. The second-order valence-electron chi connectivity index (χ2n) is 8.20. The van der Waals surface area contributed by atoms with E-state index in [2.05, 4.69) is 18.7 Å². The van der Waals surface area contributed by atoms with Crippen molar-refractivity contribution in [3.05, 3.63) is 71.6 Å². The lowest BCUT2D eigenvalue weighted by molar-refractivity contribution is 0.0537. The zero-order chi connectivity index (χ0) is 20.5. The number of fused-ring (bicyclic) bond motifs is 1. The number of rotatable bonds is 4. The summed E-state index contributed by atoms with van der Waals surface area (Å²) >= 11 is 0. The predicted molar refractivity (Wildman–Crippen MR) is 111 cm³/mol. The Morgan fingerprint density at radius 2 is 1.93 bits per heavy atom. The molecule has 2 aromatic heterocycles. The topological polar surface area (TPSA) is 40.9 Å². The Morgan fingerprint density at radius 1 is 1.17 bits per heavy atom. The molecule has 3 aromatic rings. The number of halogens is 1. The Kier molecular flexibility index (Phi) is 5.37. The van der Waals surface area contributed by atoms with Crippen LogP contribution >= 0.6 is 0 Å². The highest BCUT2D eigenvalue weighted by Crippen LogP contribution is 2.27. The molecule has 1 aromatic carbocycles. The van der Waals surface area contributed by atoms with Crippen molar-refractivity contribution < 1.29 is 9.18 Å². The summed E-state index contributed by atoms with van der Waals surface area (Å²) in [6, 6.07) is 12.5. The lowest BCUT2D eigenvalue weighted by Gasteiger charge is -2.39. The van der Waals surface area contributed by atoms with Crippen molar-refractivity contribution in [2.24, 2.45) is 5.92 Å². The highest BCUT2D eigenvalue weighted by atomic mass is 19.1. The van der Waals surface area contributed by atoms with Crippen LogP contribution in [0.1, 0.15) is 41.8 Å². The van der Waals surface area contributed by atoms with Gasteiger partial charge < -0.3 is 9.30 Å². The Balaban J connectivity index is 1.65. The first-order valence-electron chi connectivity index (χ1n) is 10.2. The van der Waals surface area contributed by atoms with E-state index in [0.29, 0.717) is 36.8 Å². The van der Waals surface area contributed by atoms with E-state index in [9.17, 15) is 9.18 Å². The summed E-state index contributed by atoms with van der Waals surface area (Å²) in [7, 11) is 1.98. The summed E-state index contributed by atoms with van der Waals surface area (Å²) in [5.74, 6) is 1.03. The van der Waals surface area contributed by atoms with Crippen molar-refractivity contribution in [2.45, 2.75) is 26.3 Å². The number of likely N-dealkylation sites (N-methyl/N-ethyl adjacent to an activating group) is 1. The lowest BCUT2D eigenvalue weighted by Crippen LogP contribution is -2.49. The zero-order valence-electron chi connectivity index (χ0n) is 17.2. The molecule has 1 amide bonds. The highest BCUT2D eigenvalue weighted by Gasteiger charge is 2.32. The van der Waals surface area contributed by atoms with Gasteiger partial charge in [0.1, 0.15) is 11.6 Å². The molecular formula is C23H27FN4O. The molecule has 152 valence electrons. The van der Waals surface area contributed by atoms with Crippen molar-refractivity contribution in [1.82, 2.24) is 19.2 Å². The minimum atomic E-state index is -0.231. The monoisotopic (exact) mass is 394 g/mol. The molecule has 29 heavy (non-hydrogen) atoms. The van der Waals surface area contributed by atoms with Crippen molar-refractivity contribution in [3.8, 4) is 0 Å². The number of hydrogen-bond acceptors (Lipinski definition) is 3. The van der Waals surface area contributed by atoms with E-state index in [1.165, 1.54) is 6.07 Å². The molecule has 4 rings (SSSR count). The van der Waals surface area contributed by atoms with E-state index in [-0.39, 0.29) is 17.8 Å². The molecule has 1 fully saturated rings. The number of imidazole rings is 1. The van der Waals surface area contributed by atoms with Gasteiger partial charge in [0, 0.05) is 37.8 Å². The maximum Gasteiger partial charge on any atom is 0.274 e. The number of benzene rings is 1. The number of amides is 1. The van der Waals surface area contributed by atoms with Crippen LogP contribution in [0.2, 0.25) is 0 Å². The van der Waals surface area contributed by atoms with Gasteiger partial charge in [-0.05, 0) is 31.2 Å². The fraction of sp³-hybridized carbons (Fsp3) is 0.391. The number of aromatic nitrogens is 2. The molecule has 1 aliphatic heterocycles. The standard InChI is InChI=1S/C23H27FN4O/c1-16(2)14-21-25-22(19-10-6-7-11-28(19)21)23(29)27-13-12-26(3)20(15-27)17-8-4-5-9-18(17)24/h4-11,16,20H,12-15H2,1-3H3. The van der Waals surface area contributed by atoms with E-state index in [1.54, 1.807) is 12.1 Å². The molecule has 0 radical (unpaired) electrons. The molecule has 5 nitrogen and oxygen atoms in total. The van der Waals surface area contributed by atoms with Crippen LogP contribution in [0, 0.1) is 11.7 Å². The molecule has 0 N–H and O–H groups in total. The number of pyridine rings is 1. The van der Waals surface area contributed by atoms with Crippen LogP contribution in [0.25, 0.3) is 5.52 Å². The molecule has 1 aliphatic rings. The predicted octanol–water partition coefficient (Wildman–Crippen LogP) is 3.80. The number of piperazine rings is 1. The summed E-state index contributed by atoms with van der Waals surface area (Å²) in [5.41, 5.74) is 1.94. The molecule has 1 atom stereocenters. The minimum absolute atomic E-state index is 0.0851. The third-order valence-electron chi connectivity index (χ3n) is 5.61. The number of carbonyl (C=O) groups excluding carboxylic acids is 1. The first-order chi connectivity index (χ1) is 14.0. The van der Waals surface area contributed by atoms with Gasteiger partial charge in [0.05, 0.1) is 11.6 Å². The lowest BCUT2D eigenvalue weighted by atomic mass is 10.0. The molecule has 0 aliphatic carbocycles. The van der Waals surface area contributed by atoms with Gasteiger partial charge in [-0.2, -0.15) is 0 Å². The van der Waals surface area contributed by atoms with E-state index >= 15 is 0 Å². The van der Waals surface area contributed by atoms with Crippen LogP contribution < -0.4 is 0 Å². The van der Waals surface area contributed by atoms with Crippen LogP contribution in [-0.4, -0.2) is 51.8 Å². The summed E-state index contributed by atoms with van der Waals surface area (Å²) in [6.45, 7) is 6.03. The van der Waals surface area contributed by atoms with E-state index in [0.717, 1.165) is 17.8 Å². The molecule has 0 saturated carbocycles. The van der Waals surface area contributed by atoms with Crippen molar-refractivity contribution in [2.75, 3.05) is 26.7 Å². The van der Waals surface area contributed by atoms with E-state index in [1.807, 2.05) is 46.8 Å². The zero-order valence-corrected chi connectivity index (χ0v) is 17.2.